The van der Waals surface area contributed by atoms with E-state index in [0.29, 0.717) is 32.4 Å². The summed E-state index contributed by atoms with van der Waals surface area (Å²) in [5.41, 5.74) is 0.222. The number of esters is 1. The normalized spacial score (nSPS) is 22.8. The van der Waals surface area contributed by atoms with E-state index >= 15 is 0 Å². The molecule has 2 aliphatic rings. The highest BCUT2D eigenvalue weighted by molar-refractivity contribution is 6.74. The molecule has 0 spiro atoms. The van der Waals surface area contributed by atoms with Crippen LogP contribution >= 0.6 is 0 Å². The molecule has 2 heterocycles. The maximum absolute atomic E-state index is 13.8. The molecule has 206 valence electrons. The standard InChI is InChI=1S/C28H44N2O6Si/c1-27(2,3)35-26(33)29-16-12-15-22(29)24(31)30-18-21(36-37(7,8)28(4,5)6)17-23(30)25(32)34-19-20-13-10-9-11-14-20/h9-11,13-14,21-23H,12,15-19H2,1-8H3/t21-,22-,23+/m1/s1. The Balaban J connectivity index is 1.79. The maximum Gasteiger partial charge on any atom is 0.410 e. The largest absolute Gasteiger partial charge is 0.459 e. The summed E-state index contributed by atoms with van der Waals surface area (Å²) in [7, 11) is -2.13. The third kappa shape index (κ3) is 7.35. The summed E-state index contributed by atoms with van der Waals surface area (Å²) in [5.74, 6) is -0.688. The highest BCUT2D eigenvalue weighted by Gasteiger charge is 2.49. The van der Waals surface area contributed by atoms with Gasteiger partial charge in [0.15, 0.2) is 8.32 Å². The van der Waals surface area contributed by atoms with Crippen LogP contribution in [0.3, 0.4) is 0 Å². The predicted molar refractivity (Wildman–Crippen MR) is 144 cm³/mol. The fourth-order valence-corrected chi connectivity index (χ4v) is 5.88. The van der Waals surface area contributed by atoms with Crippen molar-refractivity contribution in [3.8, 4) is 0 Å². The van der Waals surface area contributed by atoms with Gasteiger partial charge in [-0.3, -0.25) is 9.69 Å². The van der Waals surface area contributed by atoms with Crippen LogP contribution in [0.25, 0.3) is 0 Å². The lowest BCUT2D eigenvalue weighted by molar-refractivity contribution is -0.155. The van der Waals surface area contributed by atoms with Crippen LogP contribution in [-0.2, 0) is 30.1 Å². The zero-order valence-electron chi connectivity index (χ0n) is 23.7. The van der Waals surface area contributed by atoms with E-state index in [-0.39, 0.29) is 23.7 Å². The van der Waals surface area contributed by atoms with Crippen LogP contribution in [-0.4, -0.2) is 73.0 Å². The van der Waals surface area contributed by atoms with Crippen molar-refractivity contribution in [1.82, 2.24) is 9.80 Å². The number of carbonyl (C=O) groups excluding carboxylic acids is 3. The molecule has 0 radical (unpaired) electrons. The van der Waals surface area contributed by atoms with Gasteiger partial charge in [-0.1, -0.05) is 51.1 Å². The van der Waals surface area contributed by atoms with E-state index in [9.17, 15) is 14.4 Å². The molecule has 9 heteroatoms. The Morgan fingerprint density at radius 2 is 1.62 bits per heavy atom. The first-order chi connectivity index (χ1) is 17.1. The van der Waals surface area contributed by atoms with E-state index in [1.165, 1.54) is 4.90 Å². The summed E-state index contributed by atoms with van der Waals surface area (Å²) >= 11 is 0. The topological polar surface area (TPSA) is 85.4 Å². The van der Waals surface area contributed by atoms with Crippen LogP contribution in [0.1, 0.15) is 66.4 Å². The lowest BCUT2D eigenvalue weighted by atomic mass is 10.1. The summed E-state index contributed by atoms with van der Waals surface area (Å²) in [6, 6.07) is 8.06. The van der Waals surface area contributed by atoms with Gasteiger partial charge in [0.25, 0.3) is 0 Å². The number of carbonyl (C=O) groups is 3. The number of benzene rings is 1. The third-order valence-corrected chi connectivity index (χ3v) is 12.0. The molecule has 8 nitrogen and oxygen atoms in total. The molecule has 1 aromatic rings. The molecule has 1 aromatic carbocycles. The Kier molecular flexibility index (Phi) is 8.79. The molecule has 2 saturated heterocycles. The zero-order chi connectivity index (χ0) is 27.6. The first kappa shape index (κ1) is 29.2. The predicted octanol–water partition coefficient (Wildman–Crippen LogP) is 5.12. The first-order valence-electron chi connectivity index (χ1n) is 13.3. The number of likely N-dealkylation sites (tertiary alicyclic amines) is 2. The van der Waals surface area contributed by atoms with Gasteiger partial charge in [0.1, 0.15) is 24.3 Å². The zero-order valence-corrected chi connectivity index (χ0v) is 24.7. The minimum atomic E-state index is -2.13. The average Bonchev–Trinajstić information content (AvgIpc) is 3.43. The second-order valence-electron chi connectivity index (χ2n) is 12.7. The molecular weight excluding hydrogens is 488 g/mol. The summed E-state index contributed by atoms with van der Waals surface area (Å²) < 4.78 is 17.8. The van der Waals surface area contributed by atoms with E-state index in [0.717, 1.165) is 5.56 Å². The van der Waals surface area contributed by atoms with Crippen molar-refractivity contribution in [2.24, 2.45) is 0 Å². The van der Waals surface area contributed by atoms with Gasteiger partial charge in [-0.15, -0.1) is 0 Å². The lowest BCUT2D eigenvalue weighted by Gasteiger charge is -2.38. The molecule has 2 aliphatic heterocycles. The molecule has 3 atom stereocenters. The number of rotatable bonds is 6. The van der Waals surface area contributed by atoms with Crippen LogP contribution in [0.2, 0.25) is 18.1 Å². The Bertz CT molecular complexity index is 969. The number of amides is 2. The molecule has 0 N–H and O–H groups in total. The van der Waals surface area contributed by atoms with Gasteiger partial charge >= 0.3 is 12.1 Å². The summed E-state index contributed by atoms with van der Waals surface area (Å²) in [4.78, 5) is 43.1. The van der Waals surface area contributed by atoms with Crippen molar-refractivity contribution in [1.29, 1.82) is 0 Å². The molecule has 0 unspecified atom stereocenters. The Morgan fingerprint density at radius 1 is 0.973 bits per heavy atom. The van der Waals surface area contributed by atoms with Crippen LogP contribution < -0.4 is 0 Å². The highest BCUT2D eigenvalue weighted by Crippen LogP contribution is 2.39. The van der Waals surface area contributed by atoms with E-state index in [1.807, 2.05) is 30.3 Å². The van der Waals surface area contributed by atoms with E-state index in [1.54, 1.807) is 25.7 Å². The van der Waals surface area contributed by atoms with Gasteiger partial charge < -0.3 is 18.8 Å². The number of ether oxygens (including phenoxy) is 2. The minimum Gasteiger partial charge on any atom is -0.459 e. The van der Waals surface area contributed by atoms with Gasteiger partial charge in [-0.25, -0.2) is 9.59 Å². The van der Waals surface area contributed by atoms with Gasteiger partial charge in [0.2, 0.25) is 5.91 Å². The number of hydrogen-bond donors (Lipinski definition) is 0. The van der Waals surface area contributed by atoms with E-state index < -0.39 is 38.1 Å². The fraction of sp³-hybridized carbons (Fsp3) is 0.679. The van der Waals surface area contributed by atoms with Crippen molar-refractivity contribution in [3.05, 3.63) is 35.9 Å². The van der Waals surface area contributed by atoms with Crippen LogP contribution in [0, 0.1) is 0 Å². The van der Waals surface area contributed by atoms with Gasteiger partial charge in [0, 0.05) is 19.5 Å². The van der Waals surface area contributed by atoms with Crippen molar-refractivity contribution in [2.45, 2.75) is 109 Å². The second kappa shape index (κ2) is 11.2. The van der Waals surface area contributed by atoms with Crippen molar-refractivity contribution < 1.29 is 28.3 Å². The minimum absolute atomic E-state index is 0.00723. The molecule has 2 fully saturated rings. The molecule has 2 amide bonds. The van der Waals surface area contributed by atoms with Gasteiger partial charge in [-0.05, 0) is 57.3 Å². The maximum atomic E-state index is 13.8. The van der Waals surface area contributed by atoms with Crippen molar-refractivity contribution >= 4 is 26.3 Å². The lowest BCUT2D eigenvalue weighted by Crippen LogP contribution is -2.52. The molecule has 37 heavy (non-hydrogen) atoms. The highest BCUT2D eigenvalue weighted by atomic mass is 28.4. The number of hydrogen-bond acceptors (Lipinski definition) is 6. The summed E-state index contributed by atoms with van der Waals surface area (Å²) in [6.07, 6.45) is 0.852. The van der Waals surface area contributed by atoms with E-state index in [4.69, 9.17) is 13.9 Å². The summed E-state index contributed by atoms with van der Waals surface area (Å²) in [6.45, 7) is 17.1. The Labute approximate surface area is 222 Å². The SMILES string of the molecule is CC(C)(C)OC(=O)N1CCC[C@@H]1C(=O)N1C[C@H](O[Si](C)(C)C(C)(C)C)C[C@H]1C(=O)OCc1ccccc1. The monoisotopic (exact) mass is 532 g/mol. The molecule has 3 rings (SSSR count). The molecule has 0 saturated carbocycles. The second-order valence-corrected chi connectivity index (χ2v) is 17.4. The summed E-state index contributed by atoms with van der Waals surface area (Å²) in [5, 5.41) is -0.00723. The molecule has 0 aromatic heterocycles. The average molecular weight is 533 g/mol. The smallest absolute Gasteiger partial charge is 0.410 e. The molecule has 0 bridgehead atoms. The van der Waals surface area contributed by atoms with E-state index in [2.05, 4.69) is 33.9 Å². The van der Waals surface area contributed by atoms with Gasteiger partial charge in [-0.2, -0.15) is 0 Å². The van der Waals surface area contributed by atoms with Crippen molar-refractivity contribution in [3.63, 3.8) is 0 Å². The number of nitrogens with zero attached hydrogens (tertiary/aromatic N) is 2. The van der Waals surface area contributed by atoms with Crippen LogP contribution in [0.5, 0.6) is 0 Å². The third-order valence-electron chi connectivity index (χ3n) is 7.48. The molecular formula is C28H44N2O6Si. The quantitative estimate of drug-likeness (QED) is 0.373. The van der Waals surface area contributed by atoms with Gasteiger partial charge in [0.05, 0.1) is 6.10 Å². The van der Waals surface area contributed by atoms with Crippen LogP contribution in [0.15, 0.2) is 30.3 Å². The van der Waals surface area contributed by atoms with Crippen molar-refractivity contribution in [2.75, 3.05) is 13.1 Å². The first-order valence-corrected chi connectivity index (χ1v) is 16.2. The Morgan fingerprint density at radius 3 is 2.22 bits per heavy atom. The Hall–Kier alpha value is -2.39. The van der Waals surface area contributed by atoms with Crippen LogP contribution in [0.4, 0.5) is 4.79 Å². The fourth-order valence-electron chi connectivity index (χ4n) is 4.52. The molecule has 0 aliphatic carbocycles.